The molecule has 2 N–H and O–H groups in total. The van der Waals surface area contributed by atoms with Gasteiger partial charge in [0.2, 0.25) is 5.91 Å². The number of sulfonamides is 1. The fraction of sp³-hybridized carbons (Fsp3) is 0.391. The highest BCUT2D eigenvalue weighted by Crippen LogP contribution is 2.17. The number of carbonyl (C=O) groups is 1. The Morgan fingerprint density at radius 1 is 1.10 bits per heavy atom. The van der Waals surface area contributed by atoms with Crippen LogP contribution in [0.5, 0.6) is 5.75 Å². The van der Waals surface area contributed by atoms with E-state index < -0.39 is 10.0 Å². The molecule has 0 fully saturated rings. The molecule has 3 rings (SSSR count). The van der Waals surface area contributed by atoms with Crippen molar-refractivity contribution < 1.29 is 17.9 Å². The molecule has 2 aromatic rings. The Labute approximate surface area is 184 Å². The SMILES string of the molecule is Cc1cccc(OCCCC(=O)Nc2cccc(S(=O)(=O)NC3=NCCCCC3)c2)c1. The number of hydrogen-bond donors (Lipinski definition) is 2. The number of nitrogens with one attached hydrogen (secondary N) is 2. The van der Waals surface area contributed by atoms with E-state index in [-0.39, 0.29) is 17.2 Å². The van der Waals surface area contributed by atoms with Gasteiger partial charge in [-0.1, -0.05) is 24.6 Å². The van der Waals surface area contributed by atoms with E-state index in [1.165, 1.54) is 12.1 Å². The van der Waals surface area contributed by atoms with Gasteiger partial charge < -0.3 is 10.1 Å². The second kappa shape index (κ2) is 10.9. The number of hydrogen-bond acceptors (Lipinski definition) is 5. The van der Waals surface area contributed by atoms with Crippen LogP contribution >= 0.6 is 0 Å². The van der Waals surface area contributed by atoms with Crippen molar-refractivity contribution in [2.45, 2.75) is 50.3 Å². The molecule has 0 saturated carbocycles. The first-order valence-corrected chi connectivity index (χ1v) is 12.1. The number of carbonyl (C=O) groups excluding carboxylic acids is 1. The molecular weight excluding hydrogens is 414 g/mol. The number of nitrogens with zero attached hydrogens (tertiary/aromatic N) is 1. The summed E-state index contributed by atoms with van der Waals surface area (Å²) in [5, 5.41) is 2.76. The zero-order valence-electron chi connectivity index (χ0n) is 17.8. The van der Waals surface area contributed by atoms with Crippen molar-refractivity contribution in [2.24, 2.45) is 4.99 Å². The Bertz CT molecular complexity index is 1030. The van der Waals surface area contributed by atoms with E-state index in [1.807, 2.05) is 31.2 Å². The highest BCUT2D eigenvalue weighted by molar-refractivity contribution is 7.90. The van der Waals surface area contributed by atoms with Gasteiger partial charge in [0.25, 0.3) is 10.0 Å². The Balaban J connectivity index is 1.51. The van der Waals surface area contributed by atoms with Gasteiger partial charge in [-0.2, -0.15) is 0 Å². The van der Waals surface area contributed by atoms with Crippen LogP contribution in [0.25, 0.3) is 0 Å². The smallest absolute Gasteiger partial charge is 0.262 e. The lowest BCUT2D eigenvalue weighted by atomic mass is 10.2. The lowest BCUT2D eigenvalue weighted by molar-refractivity contribution is -0.116. The van der Waals surface area contributed by atoms with Crippen LogP contribution in [-0.2, 0) is 14.8 Å². The molecule has 1 amide bonds. The molecule has 0 aliphatic carbocycles. The van der Waals surface area contributed by atoms with E-state index in [1.54, 1.807) is 12.1 Å². The second-order valence-corrected chi connectivity index (χ2v) is 9.27. The average molecular weight is 444 g/mol. The molecule has 0 aromatic heterocycles. The minimum atomic E-state index is -3.74. The van der Waals surface area contributed by atoms with Gasteiger partial charge in [-0.3, -0.25) is 14.5 Å². The third-order valence-corrected chi connectivity index (χ3v) is 6.24. The Morgan fingerprint density at radius 3 is 2.77 bits per heavy atom. The van der Waals surface area contributed by atoms with Gasteiger partial charge in [-0.25, -0.2) is 8.42 Å². The Hall–Kier alpha value is -2.87. The summed E-state index contributed by atoms with van der Waals surface area (Å²) >= 11 is 0. The molecule has 8 heteroatoms. The van der Waals surface area contributed by atoms with Crippen molar-refractivity contribution in [3.8, 4) is 5.75 Å². The molecule has 166 valence electrons. The molecule has 1 heterocycles. The Morgan fingerprint density at radius 2 is 1.94 bits per heavy atom. The van der Waals surface area contributed by atoms with Crippen molar-refractivity contribution in [1.82, 2.24) is 4.72 Å². The minimum Gasteiger partial charge on any atom is -0.494 e. The van der Waals surface area contributed by atoms with Crippen LogP contribution in [0, 0.1) is 6.92 Å². The van der Waals surface area contributed by atoms with Gasteiger partial charge >= 0.3 is 0 Å². The van der Waals surface area contributed by atoms with Crippen molar-refractivity contribution in [2.75, 3.05) is 18.5 Å². The largest absolute Gasteiger partial charge is 0.494 e. The quantitative estimate of drug-likeness (QED) is 0.602. The number of aliphatic imine (C=N–C) groups is 1. The highest BCUT2D eigenvalue weighted by Gasteiger charge is 2.18. The summed E-state index contributed by atoms with van der Waals surface area (Å²) in [6, 6.07) is 14.0. The molecule has 2 aromatic carbocycles. The molecule has 0 unspecified atom stereocenters. The number of aryl methyl sites for hydroxylation is 1. The second-order valence-electron chi connectivity index (χ2n) is 7.59. The normalized spacial score (nSPS) is 14.3. The molecular formula is C23H29N3O4S. The molecule has 1 aliphatic heterocycles. The van der Waals surface area contributed by atoms with E-state index in [4.69, 9.17) is 4.74 Å². The molecule has 7 nitrogen and oxygen atoms in total. The maximum Gasteiger partial charge on any atom is 0.262 e. The first kappa shape index (κ1) is 22.8. The number of amidine groups is 1. The van der Waals surface area contributed by atoms with Gasteiger partial charge in [0.15, 0.2) is 0 Å². The maximum atomic E-state index is 12.7. The van der Waals surface area contributed by atoms with Crippen molar-refractivity contribution in [3.63, 3.8) is 0 Å². The summed E-state index contributed by atoms with van der Waals surface area (Å²) in [6.45, 7) is 3.06. The van der Waals surface area contributed by atoms with Crippen LogP contribution in [-0.4, -0.2) is 33.3 Å². The number of amides is 1. The molecule has 31 heavy (non-hydrogen) atoms. The molecule has 0 spiro atoms. The van der Waals surface area contributed by atoms with Crippen molar-refractivity contribution in [3.05, 3.63) is 54.1 Å². The van der Waals surface area contributed by atoms with Gasteiger partial charge in [-0.05, 0) is 62.1 Å². The van der Waals surface area contributed by atoms with Crippen LogP contribution in [0.15, 0.2) is 58.4 Å². The lowest BCUT2D eigenvalue weighted by Crippen LogP contribution is -2.30. The first-order chi connectivity index (χ1) is 14.9. The summed E-state index contributed by atoms with van der Waals surface area (Å²) in [6.07, 6.45) is 4.40. The fourth-order valence-corrected chi connectivity index (χ4v) is 4.40. The van der Waals surface area contributed by atoms with Gasteiger partial charge in [-0.15, -0.1) is 0 Å². The number of rotatable bonds is 8. The topological polar surface area (TPSA) is 96.9 Å². The monoisotopic (exact) mass is 443 g/mol. The summed E-state index contributed by atoms with van der Waals surface area (Å²) in [7, 11) is -3.74. The summed E-state index contributed by atoms with van der Waals surface area (Å²) in [5.74, 6) is 1.09. The predicted molar refractivity (Wildman–Crippen MR) is 122 cm³/mol. The number of benzene rings is 2. The molecule has 0 saturated heterocycles. The van der Waals surface area contributed by atoms with Crippen LogP contribution in [0.1, 0.15) is 44.1 Å². The standard InChI is InChI=1S/C23H29N3O4S/c1-18-8-5-10-20(16-18)30-15-7-13-23(27)25-19-9-6-11-21(17-19)31(28,29)26-22-12-3-2-4-14-24-22/h5-6,8-11,16-17H,2-4,7,12-15H2,1H3,(H,24,26)(H,25,27). The van der Waals surface area contributed by atoms with Crippen molar-refractivity contribution >= 4 is 27.5 Å². The predicted octanol–water partition coefficient (Wildman–Crippen LogP) is 4.04. The summed E-state index contributed by atoms with van der Waals surface area (Å²) in [4.78, 5) is 16.7. The molecule has 0 atom stereocenters. The van der Waals surface area contributed by atoms with E-state index in [9.17, 15) is 13.2 Å². The van der Waals surface area contributed by atoms with Crippen molar-refractivity contribution in [1.29, 1.82) is 0 Å². The van der Waals surface area contributed by atoms with Crippen LogP contribution in [0.4, 0.5) is 5.69 Å². The summed E-state index contributed by atoms with van der Waals surface area (Å²) < 4.78 is 33.6. The number of ether oxygens (including phenoxy) is 1. The Kier molecular flexibility index (Phi) is 8.06. The fourth-order valence-electron chi connectivity index (χ4n) is 3.26. The number of anilines is 1. The molecule has 1 aliphatic rings. The van der Waals surface area contributed by atoms with Gasteiger partial charge in [0, 0.05) is 25.1 Å². The summed E-state index contributed by atoms with van der Waals surface area (Å²) in [5.41, 5.74) is 1.56. The van der Waals surface area contributed by atoms with E-state index in [0.717, 1.165) is 30.6 Å². The van der Waals surface area contributed by atoms with Gasteiger partial charge in [0.05, 0.1) is 11.5 Å². The van der Waals surface area contributed by atoms with Crippen LogP contribution < -0.4 is 14.8 Å². The van der Waals surface area contributed by atoms with E-state index in [0.29, 0.717) is 37.5 Å². The van der Waals surface area contributed by atoms with Gasteiger partial charge in [0.1, 0.15) is 11.6 Å². The highest BCUT2D eigenvalue weighted by atomic mass is 32.2. The molecule has 0 radical (unpaired) electrons. The average Bonchev–Trinajstić information content (AvgIpc) is 3.00. The third kappa shape index (κ3) is 7.40. The van der Waals surface area contributed by atoms with E-state index >= 15 is 0 Å². The zero-order chi connectivity index (χ0) is 22.1. The van der Waals surface area contributed by atoms with E-state index in [2.05, 4.69) is 15.0 Å². The maximum absolute atomic E-state index is 12.7. The van der Waals surface area contributed by atoms with Crippen LogP contribution in [0.3, 0.4) is 0 Å². The first-order valence-electron chi connectivity index (χ1n) is 10.6. The minimum absolute atomic E-state index is 0.0972. The third-order valence-electron chi connectivity index (χ3n) is 4.86. The lowest BCUT2D eigenvalue weighted by Gasteiger charge is -2.11. The van der Waals surface area contributed by atoms with Crippen LogP contribution in [0.2, 0.25) is 0 Å². The molecule has 0 bridgehead atoms. The zero-order valence-corrected chi connectivity index (χ0v) is 18.6.